The molecule has 10 rings (SSSR count). The Morgan fingerprint density at radius 2 is 1.03 bits per heavy atom. The van der Waals surface area contributed by atoms with Crippen molar-refractivity contribution in [2.45, 2.75) is 39.7 Å². The second kappa shape index (κ2) is 24.4. The number of anilines is 1. The zero-order valence-corrected chi connectivity index (χ0v) is 42.7. The van der Waals surface area contributed by atoms with Gasteiger partial charge in [0.25, 0.3) is 22.9 Å². The van der Waals surface area contributed by atoms with Gasteiger partial charge in [-0.05, 0) is 136 Å². The Labute approximate surface area is 441 Å². The lowest BCUT2D eigenvalue weighted by Gasteiger charge is -2.33. The number of alkyl halides is 6. The third kappa shape index (κ3) is 15.1. The van der Waals surface area contributed by atoms with Crippen LogP contribution in [-0.2, 0) is 13.1 Å². The molecule has 2 aromatic carbocycles. The van der Waals surface area contributed by atoms with Gasteiger partial charge < -0.3 is 47.7 Å². The number of nitrogens with zero attached hydrogens (tertiary/aromatic N) is 11. The van der Waals surface area contributed by atoms with Gasteiger partial charge in [-0.25, -0.2) is 9.97 Å². The molecule has 404 valence electrons. The van der Waals surface area contributed by atoms with Crippen LogP contribution < -0.4 is 30.8 Å². The molecule has 0 unspecified atom stereocenters. The van der Waals surface area contributed by atoms with E-state index in [-0.39, 0.29) is 63.7 Å². The molecule has 0 atom stereocenters. The standard InChI is InChI=1S/C26H25F3N6O3.C21H14ClF3N4O3.C5H12N2/c1-17-3-8-21(24-31-23(32-38-24)19-4-6-20(7-5-19)37-26(27,28)29)25(36)35(17)16-18-9-10-30-22(15-18)34-13-11-33(2)12-14-34;1-12-2-7-16(20(30)29(12)11-13-8-9-26-17(22)10-13)19-27-18(28-32-19)14-3-5-15(6-4-14)31-21(23,24)25;1-7-4-2-6-3-5-7/h3-10,15H,11-14,16H2,1-2H3;2-10H,11H2,1H3;6H,2-5H2,1H3. The van der Waals surface area contributed by atoms with Crippen LogP contribution in [0.4, 0.5) is 32.2 Å². The highest BCUT2D eigenvalue weighted by Gasteiger charge is 2.32. The van der Waals surface area contributed by atoms with E-state index in [1.165, 1.54) is 41.9 Å². The monoisotopic (exact) mass is 1090 g/mol. The lowest BCUT2D eigenvalue weighted by atomic mass is 10.2. The molecule has 2 fully saturated rings. The van der Waals surface area contributed by atoms with Gasteiger partial charge in [0.2, 0.25) is 11.6 Å². The summed E-state index contributed by atoms with van der Waals surface area (Å²) in [7, 11) is 4.25. The predicted octanol–water partition coefficient (Wildman–Crippen LogP) is 8.36. The number of hydrogen-bond acceptors (Lipinski definition) is 16. The van der Waals surface area contributed by atoms with E-state index >= 15 is 0 Å². The number of piperazine rings is 2. The molecule has 0 aliphatic carbocycles. The van der Waals surface area contributed by atoms with Gasteiger partial charge in [-0.15, -0.1) is 26.3 Å². The molecular formula is C52H51ClF6N12O6. The Hall–Kier alpha value is -7.93. The van der Waals surface area contributed by atoms with Crippen LogP contribution in [0.15, 0.2) is 128 Å². The largest absolute Gasteiger partial charge is 0.573 e. The van der Waals surface area contributed by atoms with Crippen LogP contribution in [0.2, 0.25) is 5.15 Å². The van der Waals surface area contributed by atoms with E-state index in [4.69, 9.17) is 20.6 Å². The van der Waals surface area contributed by atoms with Crippen LogP contribution in [0.5, 0.6) is 11.5 Å². The predicted molar refractivity (Wildman–Crippen MR) is 273 cm³/mol. The van der Waals surface area contributed by atoms with Gasteiger partial charge in [-0.1, -0.05) is 21.9 Å². The molecule has 25 heteroatoms. The average Bonchev–Trinajstić information content (AvgIpc) is 4.09. The van der Waals surface area contributed by atoms with E-state index in [0.717, 1.165) is 86.2 Å². The summed E-state index contributed by atoms with van der Waals surface area (Å²) < 4.78 is 95.6. The average molecular weight is 1090 g/mol. The van der Waals surface area contributed by atoms with Crippen molar-refractivity contribution in [3.63, 3.8) is 0 Å². The number of pyridine rings is 4. The Balaban J connectivity index is 0.000000182. The van der Waals surface area contributed by atoms with E-state index in [9.17, 15) is 35.9 Å². The van der Waals surface area contributed by atoms with Gasteiger partial charge >= 0.3 is 12.7 Å². The summed E-state index contributed by atoms with van der Waals surface area (Å²) in [6.45, 7) is 12.7. The molecule has 2 aliphatic heterocycles. The second-order valence-electron chi connectivity index (χ2n) is 17.9. The Morgan fingerprint density at radius 3 is 1.45 bits per heavy atom. The minimum atomic E-state index is -4.78. The molecule has 2 aliphatic rings. The first-order valence-corrected chi connectivity index (χ1v) is 24.3. The van der Waals surface area contributed by atoms with Crippen molar-refractivity contribution in [2.24, 2.45) is 0 Å². The van der Waals surface area contributed by atoms with Crippen LogP contribution in [0, 0.1) is 13.8 Å². The number of benzene rings is 2. The summed E-state index contributed by atoms with van der Waals surface area (Å²) in [5.74, 6) is 0.401. The van der Waals surface area contributed by atoms with Crippen molar-refractivity contribution in [1.29, 1.82) is 0 Å². The highest BCUT2D eigenvalue weighted by Crippen LogP contribution is 2.29. The van der Waals surface area contributed by atoms with Crippen LogP contribution in [0.1, 0.15) is 22.5 Å². The van der Waals surface area contributed by atoms with E-state index in [2.05, 4.69) is 73.8 Å². The Morgan fingerprint density at radius 1 is 0.584 bits per heavy atom. The van der Waals surface area contributed by atoms with Crippen molar-refractivity contribution in [1.82, 2.24) is 54.5 Å². The number of hydrogen-bond donors (Lipinski definition) is 1. The molecule has 18 nitrogen and oxygen atoms in total. The van der Waals surface area contributed by atoms with E-state index in [0.29, 0.717) is 28.5 Å². The number of nitrogens with one attached hydrogen (secondary N) is 1. The molecule has 1 N–H and O–H groups in total. The Kier molecular flexibility index (Phi) is 17.5. The molecule has 8 aromatic rings. The molecular weight excluding hydrogens is 1040 g/mol. The first-order chi connectivity index (χ1) is 36.7. The zero-order chi connectivity index (χ0) is 54.9. The number of aromatic nitrogens is 8. The maximum atomic E-state index is 13.4. The van der Waals surface area contributed by atoms with Gasteiger partial charge in [0.05, 0.1) is 13.1 Å². The maximum absolute atomic E-state index is 13.4. The lowest BCUT2D eigenvalue weighted by Crippen LogP contribution is -2.44. The normalized spacial score (nSPS) is 14.3. The van der Waals surface area contributed by atoms with Gasteiger partial charge in [0.1, 0.15) is 33.6 Å². The molecule has 0 spiro atoms. The summed E-state index contributed by atoms with van der Waals surface area (Å²) >= 11 is 5.92. The summed E-state index contributed by atoms with van der Waals surface area (Å²) in [5, 5.41) is 11.3. The highest BCUT2D eigenvalue weighted by molar-refractivity contribution is 6.29. The third-order valence-corrected chi connectivity index (χ3v) is 12.4. The van der Waals surface area contributed by atoms with Crippen LogP contribution in [-0.4, -0.2) is 128 Å². The molecule has 0 radical (unpaired) electrons. The maximum Gasteiger partial charge on any atom is 0.573 e. The topological polar surface area (TPSA) is 188 Å². The first-order valence-electron chi connectivity index (χ1n) is 23.9. The fourth-order valence-electron chi connectivity index (χ4n) is 8.02. The van der Waals surface area contributed by atoms with Gasteiger partial charge in [0, 0.05) is 87.3 Å². The highest BCUT2D eigenvalue weighted by atomic mass is 35.5. The summed E-state index contributed by atoms with van der Waals surface area (Å²) in [6.07, 6.45) is -6.26. The van der Waals surface area contributed by atoms with Crippen LogP contribution >= 0.6 is 11.6 Å². The van der Waals surface area contributed by atoms with E-state index < -0.39 is 12.7 Å². The number of rotatable bonds is 11. The summed E-state index contributed by atoms with van der Waals surface area (Å²) in [4.78, 5) is 50.3. The fraction of sp³-hybridized carbons (Fsp3) is 0.308. The molecule has 0 saturated carbocycles. The van der Waals surface area contributed by atoms with Crippen molar-refractivity contribution in [3.05, 3.63) is 158 Å². The quantitative estimate of drug-likeness (QED) is 0.0961. The van der Waals surface area contributed by atoms with Crippen LogP contribution in [0.25, 0.3) is 45.7 Å². The first kappa shape index (κ1) is 55.3. The zero-order valence-electron chi connectivity index (χ0n) is 42.0. The number of halogens is 7. The molecule has 0 amide bonds. The number of aryl methyl sites for hydroxylation is 2. The molecule has 0 bridgehead atoms. The van der Waals surface area contributed by atoms with Crippen molar-refractivity contribution in [2.75, 3.05) is 71.4 Å². The number of ether oxygens (including phenoxy) is 2. The van der Waals surface area contributed by atoms with Crippen molar-refractivity contribution < 1.29 is 44.9 Å². The fourth-order valence-corrected chi connectivity index (χ4v) is 8.22. The van der Waals surface area contributed by atoms with Crippen LogP contribution in [0.3, 0.4) is 0 Å². The minimum absolute atomic E-state index is 0.0119. The summed E-state index contributed by atoms with van der Waals surface area (Å²) in [6, 6.07) is 24.1. The summed E-state index contributed by atoms with van der Waals surface area (Å²) in [5.41, 5.74) is 3.77. The third-order valence-electron chi connectivity index (χ3n) is 12.2. The number of likely N-dealkylation sites (N-methyl/N-ethyl adjacent to an activating group) is 2. The molecule has 8 heterocycles. The lowest BCUT2D eigenvalue weighted by molar-refractivity contribution is -0.275. The van der Waals surface area contributed by atoms with Gasteiger partial charge in [-0.2, -0.15) is 9.97 Å². The SMILES string of the molecule is CN1CCNCC1.Cc1ccc(-c2nc(-c3ccc(OC(F)(F)F)cc3)no2)c(=O)n1Cc1ccnc(Cl)c1.Cc1ccc(-c2nc(-c3ccc(OC(F)(F)F)cc3)no2)c(=O)n1Cc1ccnc(N2CCN(C)CC2)c1. The Bertz CT molecular complexity index is 3370. The van der Waals surface area contributed by atoms with E-state index in [1.54, 1.807) is 60.3 Å². The van der Waals surface area contributed by atoms with Crippen molar-refractivity contribution >= 4 is 17.4 Å². The molecule has 77 heavy (non-hydrogen) atoms. The molecule has 2 saturated heterocycles. The van der Waals surface area contributed by atoms with Gasteiger partial charge in [-0.3, -0.25) is 9.59 Å². The smallest absolute Gasteiger partial charge is 0.406 e. The minimum Gasteiger partial charge on any atom is -0.406 e. The van der Waals surface area contributed by atoms with Crippen molar-refractivity contribution in [3.8, 4) is 57.2 Å². The van der Waals surface area contributed by atoms with Gasteiger partial charge in [0.15, 0.2) is 0 Å². The van der Waals surface area contributed by atoms with E-state index in [1.807, 2.05) is 19.1 Å². The second-order valence-corrected chi connectivity index (χ2v) is 18.3. The molecule has 6 aromatic heterocycles.